The zero-order chi connectivity index (χ0) is 18.1. The Morgan fingerprint density at radius 2 is 2.04 bits per heavy atom. The van der Waals surface area contributed by atoms with Crippen molar-refractivity contribution in [1.29, 1.82) is 0 Å². The Hall–Kier alpha value is -1.85. The highest BCUT2D eigenvalue weighted by Gasteiger charge is 2.60. The van der Waals surface area contributed by atoms with E-state index in [1.54, 1.807) is 0 Å². The molecule has 5 rings (SSSR count). The third kappa shape index (κ3) is 2.57. The van der Waals surface area contributed by atoms with E-state index in [1.165, 1.54) is 25.0 Å². The predicted molar refractivity (Wildman–Crippen MR) is 97.9 cm³/mol. The quantitative estimate of drug-likeness (QED) is 0.833. The van der Waals surface area contributed by atoms with Gasteiger partial charge in [-0.1, -0.05) is 11.6 Å². The first-order valence-electron chi connectivity index (χ1n) is 10.0. The van der Waals surface area contributed by atoms with E-state index in [9.17, 15) is 4.79 Å². The van der Waals surface area contributed by atoms with Crippen LogP contribution in [0, 0.1) is 23.7 Å². The number of nitrogens with zero attached hydrogens (tertiary/aromatic N) is 4. The smallest absolute Gasteiger partial charge is 0.274 e. The van der Waals surface area contributed by atoms with Gasteiger partial charge in [-0.2, -0.15) is 0 Å². The monoisotopic (exact) mass is 356 g/mol. The van der Waals surface area contributed by atoms with Crippen molar-refractivity contribution in [2.24, 2.45) is 28.8 Å². The van der Waals surface area contributed by atoms with Crippen molar-refractivity contribution in [3.8, 4) is 0 Å². The molecule has 0 aromatic carbocycles. The molecule has 1 unspecified atom stereocenters. The van der Waals surface area contributed by atoms with Crippen LogP contribution in [-0.4, -0.2) is 44.8 Å². The largest absolute Gasteiger partial charge is 0.389 e. The molecule has 1 amide bonds. The zero-order valence-corrected chi connectivity index (χ0v) is 15.9. The van der Waals surface area contributed by atoms with E-state index < -0.39 is 0 Å². The Morgan fingerprint density at radius 1 is 1.31 bits per heavy atom. The van der Waals surface area contributed by atoms with E-state index in [0.29, 0.717) is 29.5 Å². The topological polar surface area (TPSA) is 59.7 Å². The highest BCUT2D eigenvalue weighted by Crippen LogP contribution is 2.54. The summed E-state index contributed by atoms with van der Waals surface area (Å²) in [5.74, 6) is 2.47. The second-order valence-electron chi connectivity index (χ2n) is 9.31. The zero-order valence-electron chi connectivity index (χ0n) is 15.9. The van der Waals surface area contributed by atoms with Gasteiger partial charge < -0.3 is 14.3 Å². The fourth-order valence-electron chi connectivity index (χ4n) is 5.05. The summed E-state index contributed by atoms with van der Waals surface area (Å²) < 4.78 is 2.13. The van der Waals surface area contributed by atoms with Gasteiger partial charge in [-0.15, -0.1) is 0 Å². The molecule has 26 heavy (non-hydrogen) atoms. The van der Waals surface area contributed by atoms with Crippen molar-refractivity contribution in [2.45, 2.75) is 58.1 Å². The van der Waals surface area contributed by atoms with Gasteiger partial charge in [0.05, 0.1) is 12.0 Å². The predicted octanol–water partition coefficient (Wildman–Crippen LogP) is 3.12. The normalized spacial score (nSPS) is 33.3. The Bertz CT molecular complexity index is 752. The van der Waals surface area contributed by atoms with E-state index in [1.807, 2.05) is 17.4 Å². The SMILES string of the molecule is C[C@H](C1CCC1)n1cnc(C(=O)N2C[C@@H]3C(C4=NOC(C)(C)C4)[C@@H]3C2)c1. The van der Waals surface area contributed by atoms with Crippen LogP contribution in [0.2, 0.25) is 0 Å². The summed E-state index contributed by atoms with van der Waals surface area (Å²) in [5.41, 5.74) is 1.64. The molecule has 1 aromatic heterocycles. The van der Waals surface area contributed by atoms with E-state index in [2.05, 4.69) is 35.5 Å². The number of carbonyl (C=O) groups excluding carboxylic acids is 1. The molecule has 3 fully saturated rings. The van der Waals surface area contributed by atoms with Crippen LogP contribution in [-0.2, 0) is 4.84 Å². The number of piperidine rings is 1. The molecular formula is C20H28N4O2. The highest BCUT2D eigenvalue weighted by atomic mass is 16.7. The lowest BCUT2D eigenvalue weighted by atomic mass is 9.80. The molecule has 0 radical (unpaired) electrons. The molecule has 140 valence electrons. The fourth-order valence-corrected chi connectivity index (χ4v) is 5.05. The van der Waals surface area contributed by atoms with Crippen molar-refractivity contribution >= 4 is 11.6 Å². The van der Waals surface area contributed by atoms with Crippen molar-refractivity contribution in [2.75, 3.05) is 13.1 Å². The van der Waals surface area contributed by atoms with E-state index >= 15 is 0 Å². The molecule has 6 nitrogen and oxygen atoms in total. The lowest BCUT2D eigenvalue weighted by molar-refractivity contribution is 0.0123. The lowest BCUT2D eigenvalue weighted by Crippen LogP contribution is -2.33. The molecule has 6 heteroatoms. The Kier molecular flexibility index (Phi) is 3.50. The third-order valence-corrected chi connectivity index (χ3v) is 7.01. The summed E-state index contributed by atoms with van der Waals surface area (Å²) in [6.07, 6.45) is 8.63. The average molecular weight is 356 g/mol. The average Bonchev–Trinajstić information content (AvgIpc) is 2.99. The molecule has 0 bridgehead atoms. The number of rotatable bonds is 4. The van der Waals surface area contributed by atoms with Crippen LogP contribution in [0.25, 0.3) is 0 Å². The Labute approximate surface area is 154 Å². The number of imidazole rings is 1. The summed E-state index contributed by atoms with van der Waals surface area (Å²) in [6.45, 7) is 8.06. The van der Waals surface area contributed by atoms with Crippen LogP contribution in [0.5, 0.6) is 0 Å². The molecule has 2 aliphatic heterocycles. The van der Waals surface area contributed by atoms with Gasteiger partial charge in [-0.3, -0.25) is 4.79 Å². The maximum atomic E-state index is 12.8. The van der Waals surface area contributed by atoms with Gasteiger partial charge in [0.15, 0.2) is 0 Å². The van der Waals surface area contributed by atoms with Crippen LogP contribution in [0.15, 0.2) is 17.7 Å². The number of hydrogen-bond acceptors (Lipinski definition) is 4. The van der Waals surface area contributed by atoms with Gasteiger partial charge in [0.2, 0.25) is 0 Å². The molecule has 3 heterocycles. The molecule has 2 aliphatic carbocycles. The number of carbonyl (C=O) groups is 1. The minimum absolute atomic E-state index is 0.0838. The van der Waals surface area contributed by atoms with Crippen molar-refractivity contribution in [1.82, 2.24) is 14.5 Å². The first kappa shape index (κ1) is 16.3. The first-order chi connectivity index (χ1) is 12.4. The molecule has 1 saturated heterocycles. The van der Waals surface area contributed by atoms with Gasteiger partial charge in [-0.25, -0.2) is 4.98 Å². The number of oxime groups is 1. The van der Waals surface area contributed by atoms with Crippen LogP contribution < -0.4 is 0 Å². The number of fused-ring (bicyclic) bond motifs is 1. The molecule has 0 spiro atoms. The van der Waals surface area contributed by atoms with E-state index in [0.717, 1.165) is 25.4 Å². The van der Waals surface area contributed by atoms with E-state index in [-0.39, 0.29) is 11.5 Å². The number of likely N-dealkylation sites (tertiary alicyclic amines) is 1. The second kappa shape index (κ2) is 5.57. The summed E-state index contributed by atoms with van der Waals surface area (Å²) in [5, 5.41) is 4.31. The third-order valence-electron chi connectivity index (χ3n) is 7.01. The lowest BCUT2D eigenvalue weighted by Gasteiger charge is -2.32. The molecule has 4 aliphatic rings. The number of aromatic nitrogens is 2. The van der Waals surface area contributed by atoms with Crippen molar-refractivity contribution in [3.63, 3.8) is 0 Å². The first-order valence-corrected chi connectivity index (χ1v) is 10.0. The molecule has 1 aromatic rings. The van der Waals surface area contributed by atoms with Crippen LogP contribution in [0.3, 0.4) is 0 Å². The van der Waals surface area contributed by atoms with Gasteiger partial charge in [0.1, 0.15) is 11.3 Å². The van der Waals surface area contributed by atoms with E-state index in [4.69, 9.17) is 4.84 Å². The second-order valence-corrected chi connectivity index (χ2v) is 9.31. The fraction of sp³-hybridized carbons (Fsp3) is 0.750. The highest BCUT2D eigenvalue weighted by molar-refractivity contribution is 5.94. The van der Waals surface area contributed by atoms with Crippen molar-refractivity contribution < 1.29 is 9.63 Å². The van der Waals surface area contributed by atoms with Crippen LogP contribution in [0.4, 0.5) is 0 Å². The number of hydrogen-bond donors (Lipinski definition) is 0. The van der Waals surface area contributed by atoms with Crippen LogP contribution >= 0.6 is 0 Å². The summed E-state index contributed by atoms with van der Waals surface area (Å²) in [4.78, 5) is 24.7. The van der Waals surface area contributed by atoms with Crippen molar-refractivity contribution in [3.05, 3.63) is 18.2 Å². The van der Waals surface area contributed by atoms with Gasteiger partial charge in [0, 0.05) is 37.7 Å². The molecular weight excluding hydrogens is 328 g/mol. The Balaban J connectivity index is 1.19. The Morgan fingerprint density at radius 3 is 2.62 bits per heavy atom. The number of amides is 1. The van der Waals surface area contributed by atoms with Gasteiger partial charge in [0.25, 0.3) is 5.91 Å². The molecule has 0 N–H and O–H groups in total. The summed E-state index contributed by atoms with van der Waals surface area (Å²) in [6, 6.07) is 0.442. The standard InChI is InChI=1S/C20H28N4O2/c1-12(13-5-4-6-13)24-10-17(21-11-24)19(25)23-8-14-15(9-23)18(14)16-7-20(2,3)26-22-16/h10-15,18H,4-9H2,1-3H3/t12-,14-,15+,18?/m1/s1. The van der Waals surface area contributed by atoms with Crippen LogP contribution in [0.1, 0.15) is 63.0 Å². The molecule has 4 atom stereocenters. The van der Waals surface area contributed by atoms with Gasteiger partial charge >= 0.3 is 0 Å². The minimum Gasteiger partial charge on any atom is -0.389 e. The maximum Gasteiger partial charge on any atom is 0.274 e. The van der Waals surface area contributed by atoms with Gasteiger partial charge in [-0.05, 0) is 51.4 Å². The molecule has 2 saturated carbocycles. The maximum absolute atomic E-state index is 12.8. The summed E-state index contributed by atoms with van der Waals surface area (Å²) >= 11 is 0. The minimum atomic E-state index is -0.161. The summed E-state index contributed by atoms with van der Waals surface area (Å²) in [7, 11) is 0.